The largest absolute Gasteiger partial charge is 0.389 e. The summed E-state index contributed by atoms with van der Waals surface area (Å²) >= 11 is 0. The van der Waals surface area contributed by atoms with Crippen molar-refractivity contribution in [3.8, 4) is 0 Å². The molecule has 0 radical (unpaired) electrons. The van der Waals surface area contributed by atoms with Gasteiger partial charge >= 0.3 is 6.03 Å². The van der Waals surface area contributed by atoms with Gasteiger partial charge in [0.1, 0.15) is 0 Å². The molecule has 20 heavy (non-hydrogen) atoms. The Bertz CT molecular complexity index is 393. The summed E-state index contributed by atoms with van der Waals surface area (Å²) in [5.74, 6) is 0. The lowest BCUT2D eigenvalue weighted by atomic mass is 10.1. The van der Waals surface area contributed by atoms with Gasteiger partial charge in [-0.2, -0.15) is 0 Å². The number of nitrogens with one attached hydrogen (secondary N) is 2. The monoisotopic (exact) mass is 282 g/mol. The van der Waals surface area contributed by atoms with Crippen LogP contribution in [0.2, 0.25) is 0 Å². The van der Waals surface area contributed by atoms with Crippen molar-refractivity contribution in [2.75, 3.05) is 38.8 Å². The number of anilines is 1. The predicted molar refractivity (Wildman–Crippen MR) is 76.8 cm³/mol. The maximum atomic E-state index is 11.6. The number of benzene rings is 1. The van der Waals surface area contributed by atoms with Crippen molar-refractivity contribution in [2.45, 2.75) is 13.0 Å². The molecule has 6 nitrogen and oxygen atoms in total. The highest BCUT2D eigenvalue weighted by Gasteiger charge is 2.03. The minimum atomic E-state index is -0.512. The number of hydrogen-bond donors (Lipinski definition) is 3. The molecule has 1 rings (SSSR count). The quantitative estimate of drug-likeness (QED) is 0.632. The van der Waals surface area contributed by atoms with Crippen LogP contribution in [0.4, 0.5) is 10.5 Å². The van der Waals surface area contributed by atoms with Crippen molar-refractivity contribution in [3.05, 3.63) is 29.8 Å². The third kappa shape index (κ3) is 6.51. The number of ether oxygens (including phenoxy) is 2. The molecule has 0 bridgehead atoms. The zero-order valence-corrected chi connectivity index (χ0v) is 11.9. The molecule has 1 aromatic rings. The fourth-order valence-corrected chi connectivity index (χ4v) is 1.50. The lowest BCUT2D eigenvalue weighted by Gasteiger charge is -2.09. The summed E-state index contributed by atoms with van der Waals surface area (Å²) in [5, 5.41) is 14.8. The van der Waals surface area contributed by atoms with Crippen LogP contribution >= 0.6 is 0 Å². The topological polar surface area (TPSA) is 79.8 Å². The minimum absolute atomic E-state index is 0.287. The molecule has 1 unspecified atom stereocenters. The van der Waals surface area contributed by atoms with Crippen LogP contribution in [-0.2, 0) is 9.47 Å². The van der Waals surface area contributed by atoms with Crippen molar-refractivity contribution in [1.82, 2.24) is 5.32 Å². The van der Waals surface area contributed by atoms with Gasteiger partial charge in [-0.1, -0.05) is 12.1 Å². The number of amides is 2. The number of carbonyl (C=O) groups excluding carboxylic acids is 1. The molecule has 0 spiro atoms. The SMILES string of the molecule is COCCOCCNC(=O)Nc1ccc(C(C)O)cc1. The Kier molecular flexibility index (Phi) is 7.64. The first kappa shape index (κ1) is 16.4. The third-order valence-corrected chi connectivity index (χ3v) is 2.61. The van der Waals surface area contributed by atoms with Gasteiger partial charge in [0.15, 0.2) is 0 Å². The van der Waals surface area contributed by atoms with Crippen molar-refractivity contribution in [3.63, 3.8) is 0 Å². The van der Waals surface area contributed by atoms with Gasteiger partial charge < -0.3 is 25.2 Å². The van der Waals surface area contributed by atoms with Gasteiger partial charge in [-0.15, -0.1) is 0 Å². The number of methoxy groups -OCH3 is 1. The van der Waals surface area contributed by atoms with Gasteiger partial charge in [0, 0.05) is 19.3 Å². The second kappa shape index (κ2) is 9.30. The number of aliphatic hydroxyl groups excluding tert-OH is 1. The normalized spacial score (nSPS) is 11.9. The van der Waals surface area contributed by atoms with Crippen molar-refractivity contribution in [1.29, 1.82) is 0 Å². The van der Waals surface area contributed by atoms with Crippen molar-refractivity contribution < 1.29 is 19.4 Å². The Morgan fingerprint density at radius 3 is 2.55 bits per heavy atom. The zero-order chi connectivity index (χ0) is 14.8. The molecule has 2 amide bonds. The number of urea groups is 1. The number of aliphatic hydroxyl groups is 1. The van der Waals surface area contributed by atoms with E-state index in [9.17, 15) is 9.90 Å². The fraction of sp³-hybridized carbons (Fsp3) is 0.500. The van der Waals surface area contributed by atoms with E-state index >= 15 is 0 Å². The smallest absolute Gasteiger partial charge is 0.319 e. The van der Waals surface area contributed by atoms with E-state index in [0.29, 0.717) is 32.1 Å². The Balaban J connectivity index is 2.21. The summed E-state index contributed by atoms with van der Waals surface area (Å²) in [6.07, 6.45) is -0.512. The molecule has 0 saturated carbocycles. The maximum Gasteiger partial charge on any atom is 0.319 e. The van der Waals surface area contributed by atoms with E-state index < -0.39 is 6.10 Å². The maximum absolute atomic E-state index is 11.6. The standard InChI is InChI=1S/C14H22N2O4/c1-11(17)12-3-5-13(6-4-12)16-14(18)15-7-8-20-10-9-19-2/h3-6,11,17H,7-10H2,1-2H3,(H2,15,16,18). The van der Waals surface area contributed by atoms with Gasteiger partial charge in [0.25, 0.3) is 0 Å². The Morgan fingerprint density at radius 1 is 1.25 bits per heavy atom. The van der Waals surface area contributed by atoms with Crippen molar-refractivity contribution in [2.24, 2.45) is 0 Å². The molecule has 0 aliphatic heterocycles. The van der Waals surface area contributed by atoms with Crippen LogP contribution in [0.3, 0.4) is 0 Å². The van der Waals surface area contributed by atoms with Crippen LogP contribution < -0.4 is 10.6 Å². The molecule has 1 aromatic carbocycles. The van der Waals surface area contributed by atoms with Crippen LogP contribution in [0.15, 0.2) is 24.3 Å². The van der Waals surface area contributed by atoms with Gasteiger partial charge in [-0.3, -0.25) is 0 Å². The van der Waals surface area contributed by atoms with E-state index in [-0.39, 0.29) is 6.03 Å². The molecule has 0 saturated heterocycles. The lowest BCUT2D eigenvalue weighted by molar-refractivity contribution is 0.0728. The first-order chi connectivity index (χ1) is 9.63. The van der Waals surface area contributed by atoms with Gasteiger partial charge in [0.05, 0.1) is 25.9 Å². The highest BCUT2D eigenvalue weighted by atomic mass is 16.5. The molecular formula is C14H22N2O4. The second-order valence-corrected chi connectivity index (χ2v) is 4.28. The van der Waals surface area contributed by atoms with Gasteiger partial charge in [0.2, 0.25) is 0 Å². The van der Waals surface area contributed by atoms with Gasteiger partial charge in [-0.05, 0) is 24.6 Å². The molecule has 0 heterocycles. The third-order valence-electron chi connectivity index (χ3n) is 2.61. The van der Waals surface area contributed by atoms with E-state index in [1.165, 1.54) is 0 Å². The van der Waals surface area contributed by atoms with Crippen LogP contribution in [0.5, 0.6) is 0 Å². The predicted octanol–water partition coefficient (Wildman–Crippen LogP) is 1.52. The molecule has 1 atom stereocenters. The highest BCUT2D eigenvalue weighted by molar-refractivity contribution is 5.89. The Morgan fingerprint density at radius 2 is 1.95 bits per heavy atom. The first-order valence-corrected chi connectivity index (χ1v) is 6.53. The van der Waals surface area contributed by atoms with Crippen LogP contribution in [0, 0.1) is 0 Å². The fourth-order valence-electron chi connectivity index (χ4n) is 1.50. The molecule has 112 valence electrons. The average molecular weight is 282 g/mol. The summed E-state index contributed by atoms with van der Waals surface area (Å²) in [6, 6.07) is 6.75. The minimum Gasteiger partial charge on any atom is -0.389 e. The van der Waals surface area contributed by atoms with E-state index in [4.69, 9.17) is 9.47 Å². The molecular weight excluding hydrogens is 260 g/mol. The molecule has 0 aromatic heterocycles. The zero-order valence-electron chi connectivity index (χ0n) is 11.9. The summed E-state index contributed by atoms with van der Waals surface area (Å²) < 4.78 is 10.1. The summed E-state index contributed by atoms with van der Waals surface area (Å²) in [4.78, 5) is 11.6. The Labute approximate surface area is 119 Å². The number of carbonyl (C=O) groups is 1. The molecule has 0 fully saturated rings. The number of hydrogen-bond acceptors (Lipinski definition) is 4. The molecule has 3 N–H and O–H groups in total. The lowest BCUT2D eigenvalue weighted by Crippen LogP contribution is -2.31. The molecule has 0 aliphatic rings. The average Bonchev–Trinajstić information content (AvgIpc) is 2.43. The summed E-state index contributed by atoms with van der Waals surface area (Å²) in [7, 11) is 1.61. The Hall–Kier alpha value is -1.63. The van der Waals surface area contributed by atoms with Crippen molar-refractivity contribution >= 4 is 11.7 Å². The number of rotatable bonds is 8. The van der Waals surface area contributed by atoms with E-state index in [1.54, 1.807) is 38.3 Å². The summed E-state index contributed by atoms with van der Waals surface area (Å²) in [6.45, 7) is 3.63. The second-order valence-electron chi connectivity index (χ2n) is 4.28. The summed E-state index contributed by atoms with van der Waals surface area (Å²) in [5.41, 5.74) is 1.48. The van der Waals surface area contributed by atoms with E-state index in [0.717, 1.165) is 5.56 Å². The van der Waals surface area contributed by atoms with Gasteiger partial charge in [-0.25, -0.2) is 4.79 Å². The van der Waals surface area contributed by atoms with E-state index in [2.05, 4.69) is 10.6 Å². The van der Waals surface area contributed by atoms with Crippen LogP contribution in [0.25, 0.3) is 0 Å². The first-order valence-electron chi connectivity index (χ1n) is 6.53. The molecule has 0 aliphatic carbocycles. The highest BCUT2D eigenvalue weighted by Crippen LogP contribution is 2.15. The van der Waals surface area contributed by atoms with E-state index in [1.807, 2.05) is 0 Å². The van der Waals surface area contributed by atoms with Crippen LogP contribution in [0.1, 0.15) is 18.6 Å². The molecule has 6 heteroatoms. The van der Waals surface area contributed by atoms with Crippen LogP contribution in [-0.4, -0.2) is 44.6 Å².